The van der Waals surface area contributed by atoms with Crippen molar-refractivity contribution in [2.45, 2.75) is 33.9 Å². The summed E-state index contributed by atoms with van der Waals surface area (Å²) in [6.45, 7) is 15.5. The fourth-order valence-corrected chi connectivity index (χ4v) is 2.19. The van der Waals surface area contributed by atoms with E-state index in [1.165, 1.54) is 6.54 Å². The summed E-state index contributed by atoms with van der Waals surface area (Å²) in [5.41, 5.74) is 0. The molecule has 3 heteroatoms. The van der Waals surface area contributed by atoms with Crippen molar-refractivity contribution in [3.8, 4) is 0 Å². The zero-order valence-corrected chi connectivity index (χ0v) is 10.7. The minimum absolute atomic E-state index is 0.348. The van der Waals surface area contributed by atoms with Crippen molar-refractivity contribution in [2.24, 2.45) is 5.92 Å². The SMILES string of the molecule is CCN(CC)CCN1CCOC1C(C)C. The van der Waals surface area contributed by atoms with Crippen molar-refractivity contribution in [2.75, 3.05) is 39.3 Å². The van der Waals surface area contributed by atoms with Crippen LogP contribution >= 0.6 is 0 Å². The molecule has 1 fully saturated rings. The molecule has 0 radical (unpaired) electrons. The molecular weight excluding hydrogens is 188 g/mol. The maximum atomic E-state index is 5.73. The van der Waals surface area contributed by atoms with Gasteiger partial charge < -0.3 is 9.64 Å². The van der Waals surface area contributed by atoms with Crippen LogP contribution in [0.1, 0.15) is 27.7 Å². The molecule has 0 aromatic heterocycles. The summed E-state index contributed by atoms with van der Waals surface area (Å²) in [6.07, 6.45) is 0.348. The minimum Gasteiger partial charge on any atom is -0.362 e. The Labute approximate surface area is 94.4 Å². The van der Waals surface area contributed by atoms with E-state index in [1.54, 1.807) is 0 Å². The quantitative estimate of drug-likeness (QED) is 0.668. The summed E-state index contributed by atoms with van der Waals surface area (Å²) in [7, 11) is 0. The van der Waals surface area contributed by atoms with E-state index in [-0.39, 0.29) is 0 Å². The van der Waals surface area contributed by atoms with Crippen molar-refractivity contribution in [3.63, 3.8) is 0 Å². The van der Waals surface area contributed by atoms with Gasteiger partial charge in [0, 0.05) is 19.6 Å². The molecule has 0 aliphatic carbocycles. The van der Waals surface area contributed by atoms with Gasteiger partial charge >= 0.3 is 0 Å². The van der Waals surface area contributed by atoms with Crippen molar-refractivity contribution in [1.82, 2.24) is 9.80 Å². The lowest BCUT2D eigenvalue weighted by Gasteiger charge is -2.28. The standard InChI is InChI=1S/C12H26N2O/c1-5-13(6-2)7-8-14-9-10-15-12(14)11(3)4/h11-12H,5-10H2,1-4H3. The Hall–Kier alpha value is -0.120. The molecule has 0 amide bonds. The van der Waals surface area contributed by atoms with Crippen LogP contribution in [-0.4, -0.2) is 55.4 Å². The Morgan fingerprint density at radius 1 is 1.33 bits per heavy atom. The maximum Gasteiger partial charge on any atom is 0.113 e. The molecule has 0 bridgehead atoms. The van der Waals surface area contributed by atoms with Gasteiger partial charge in [0.2, 0.25) is 0 Å². The molecule has 1 saturated heterocycles. The van der Waals surface area contributed by atoms with Gasteiger partial charge in [0.05, 0.1) is 6.61 Å². The zero-order chi connectivity index (χ0) is 11.3. The smallest absolute Gasteiger partial charge is 0.113 e. The second kappa shape index (κ2) is 6.46. The van der Waals surface area contributed by atoms with Crippen LogP contribution in [0.4, 0.5) is 0 Å². The Morgan fingerprint density at radius 2 is 2.00 bits per heavy atom. The van der Waals surface area contributed by atoms with Gasteiger partial charge in [-0.25, -0.2) is 0 Å². The van der Waals surface area contributed by atoms with E-state index >= 15 is 0 Å². The first-order valence-electron chi connectivity index (χ1n) is 6.27. The molecule has 1 aliphatic heterocycles. The third-order valence-electron chi connectivity index (χ3n) is 3.20. The molecule has 0 aromatic carbocycles. The lowest BCUT2D eigenvalue weighted by Crippen LogP contribution is -2.40. The highest BCUT2D eigenvalue weighted by Crippen LogP contribution is 2.17. The average molecular weight is 214 g/mol. The van der Waals surface area contributed by atoms with E-state index < -0.39 is 0 Å². The van der Waals surface area contributed by atoms with E-state index in [9.17, 15) is 0 Å². The number of rotatable bonds is 6. The fourth-order valence-electron chi connectivity index (χ4n) is 2.19. The summed E-state index contributed by atoms with van der Waals surface area (Å²) in [5, 5.41) is 0. The topological polar surface area (TPSA) is 15.7 Å². The van der Waals surface area contributed by atoms with Crippen molar-refractivity contribution >= 4 is 0 Å². The molecule has 1 heterocycles. The van der Waals surface area contributed by atoms with Gasteiger partial charge in [-0.2, -0.15) is 0 Å². The molecule has 1 unspecified atom stereocenters. The predicted molar refractivity (Wildman–Crippen MR) is 63.9 cm³/mol. The second-order valence-electron chi connectivity index (χ2n) is 4.57. The number of hydrogen-bond donors (Lipinski definition) is 0. The van der Waals surface area contributed by atoms with Gasteiger partial charge in [-0.1, -0.05) is 27.7 Å². The van der Waals surface area contributed by atoms with Gasteiger partial charge in [-0.05, 0) is 19.0 Å². The Balaban J connectivity index is 2.30. The fraction of sp³-hybridized carbons (Fsp3) is 1.00. The molecule has 0 spiro atoms. The van der Waals surface area contributed by atoms with Gasteiger partial charge in [-0.3, -0.25) is 4.90 Å². The van der Waals surface area contributed by atoms with Crippen LogP contribution in [0.15, 0.2) is 0 Å². The first kappa shape index (κ1) is 12.9. The number of nitrogens with zero attached hydrogens (tertiary/aromatic N) is 2. The van der Waals surface area contributed by atoms with Gasteiger partial charge in [0.15, 0.2) is 0 Å². The first-order valence-corrected chi connectivity index (χ1v) is 6.27. The van der Waals surface area contributed by atoms with Crippen molar-refractivity contribution in [1.29, 1.82) is 0 Å². The van der Waals surface area contributed by atoms with E-state index in [1.807, 2.05) is 0 Å². The summed E-state index contributed by atoms with van der Waals surface area (Å²) in [4.78, 5) is 4.94. The third-order valence-corrected chi connectivity index (χ3v) is 3.20. The predicted octanol–water partition coefficient (Wildman–Crippen LogP) is 1.64. The van der Waals surface area contributed by atoms with Gasteiger partial charge in [-0.15, -0.1) is 0 Å². The van der Waals surface area contributed by atoms with Crippen LogP contribution in [0.2, 0.25) is 0 Å². The Bertz CT molecular complexity index is 169. The minimum atomic E-state index is 0.348. The molecule has 15 heavy (non-hydrogen) atoms. The van der Waals surface area contributed by atoms with E-state index in [0.717, 1.165) is 32.8 Å². The van der Waals surface area contributed by atoms with Crippen LogP contribution in [0.3, 0.4) is 0 Å². The Morgan fingerprint density at radius 3 is 2.53 bits per heavy atom. The highest BCUT2D eigenvalue weighted by Gasteiger charge is 2.27. The largest absolute Gasteiger partial charge is 0.362 e. The normalized spacial score (nSPS) is 23.2. The summed E-state index contributed by atoms with van der Waals surface area (Å²) in [6, 6.07) is 0. The van der Waals surface area contributed by atoms with Gasteiger partial charge in [0.25, 0.3) is 0 Å². The number of hydrogen-bond acceptors (Lipinski definition) is 3. The van der Waals surface area contributed by atoms with Crippen molar-refractivity contribution in [3.05, 3.63) is 0 Å². The van der Waals surface area contributed by atoms with Crippen LogP contribution in [-0.2, 0) is 4.74 Å². The highest BCUT2D eigenvalue weighted by molar-refractivity contribution is 4.73. The third kappa shape index (κ3) is 3.74. The molecule has 90 valence electrons. The molecule has 1 atom stereocenters. The molecule has 0 N–H and O–H groups in total. The second-order valence-corrected chi connectivity index (χ2v) is 4.57. The molecular formula is C12H26N2O. The summed E-state index contributed by atoms with van der Waals surface area (Å²) in [5.74, 6) is 0.601. The highest BCUT2D eigenvalue weighted by atomic mass is 16.5. The van der Waals surface area contributed by atoms with Crippen LogP contribution < -0.4 is 0 Å². The molecule has 1 rings (SSSR count). The van der Waals surface area contributed by atoms with Crippen LogP contribution in [0.5, 0.6) is 0 Å². The summed E-state index contributed by atoms with van der Waals surface area (Å²) < 4.78 is 5.73. The number of ether oxygens (including phenoxy) is 1. The number of likely N-dealkylation sites (N-methyl/N-ethyl adjacent to an activating group) is 1. The van der Waals surface area contributed by atoms with Gasteiger partial charge in [0.1, 0.15) is 6.23 Å². The van der Waals surface area contributed by atoms with Crippen molar-refractivity contribution < 1.29 is 4.74 Å². The van der Waals surface area contributed by atoms with Crippen LogP contribution in [0.25, 0.3) is 0 Å². The lowest BCUT2D eigenvalue weighted by molar-refractivity contribution is -0.00461. The Kier molecular flexibility index (Phi) is 5.58. The molecule has 1 aliphatic rings. The van der Waals surface area contributed by atoms with E-state index in [2.05, 4.69) is 37.5 Å². The van der Waals surface area contributed by atoms with Crippen LogP contribution in [0, 0.1) is 5.92 Å². The molecule has 3 nitrogen and oxygen atoms in total. The molecule has 0 saturated carbocycles. The lowest BCUT2D eigenvalue weighted by atomic mass is 10.2. The monoisotopic (exact) mass is 214 g/mol. The average Bonchev–Trinajstić information content (AvgIpc) is 2.67. The maximum absolute atomic E-state index is 5.73. The van der Waals surface area contributed by atoms with E-state index in [4.69, 9.17) is 4.74 Å². The zero-order valence-electron chi connectivity index (χ0n) is 10.7. The first-order chi connectivity index (χ1) is 7.19. The van der Waals surface area contributed by atoms with E-state index in [0.29, 0.717) is 12.1 Å². The summed E-state index contributed by atoms with van der Waals surface area (Å²) >= 11 is 0. The molecule has 0 aromatic rings.